The van der Waals surface area contributed by atoms with Gasteiger partial charge in [-0.15, -0.1) is 0 Å². The van der Waals surface area contributed by atoms with Crippen LogP contribution >= 0.6 is 0 Å². The number of likely N-dealkylation sites (N-methyl/N-ethyl adjacent to an activating group) is 1. The molecule has 2 aromatic heterocycles. The summed E-state index contributed by atoms with van der Waals surface area (Å²) in [6.45, 7) is 3.23. The molecule has 1 saturated heterocycles. The fourth-order valence-electron chi connectivity index (χ4n) is 4.00. The molecular weight excluding hydrogens is 354 g/mol. The van der Waals surface area contributed by atoms with Crippen LogP contribution in [0.2, 0.25) is 0 Å². The summed E-state index contributed by atoms with van der Waals surface area (Å²) in [7, 11) is 2.09. The van der Waals surface area contributed by atoms with Gasteiger partial charge in [-0.2, -0.15) is 0 Å². The van der Waals surface area contributed by atoms with Crippen LogP contribution < -0.4 is 16.0 Å². The van der Waals surface area contributed by atoms with E-state index < -0.39 is 5.91 Å². The summed E-state index contributed by atoms with van der Waals surface area (Å²) >= 11 is 0. The average Bonchev–Trinajstić information content (AvgIpc) is 3.10. The van der Waals surface area contributed by atoms with Gasteiger partial charge in [-0.3, -0.25) is 9.78 Å². The molecule has 0 unspecified atom stereocenters. The Hall–Kier alpha value is -2.90. The molecule has 3 aromatic rings. The zero-order valence-electron chi connectivity index (χ0n) is 15.8. The number of anilines is 1. The zero-order chi connectivity index (χ0) is 19.3. The number of aromatic nitrogens is 2. The maximum Gasteiger partial charge on any atom is 0.250 e. The number of rotatable bonds is 4. The molecule has 0 atom stereocenters. The highest BCUT2D eigenvalue weighted by Crippen LogP contribution is 2.34. The number of nitrogens with zero attached hydrogens (tertiary/aromatic N) is 2. The summed E-state index contributed by atoms with van der Waals surface area (Å²) in [6.07, 6.45) is 2.73. The largest absolute Gasteiger partial charge is 0.376 e. The maximum absolute atomic E-state index is 12.0. The lowest BCUT2D eigenvalue weighted by Gasteiger charge is -2.37. The van der Waals surface area contributed by atoms with E-state index >= 15 is 0 Å². The van der Waals surface area contributed by atoms with E-state index in [1.165, 1.54) is 0 Å². The Labute approximate surface area is 162 Å². The van der Waals surface area contributed by atoms with E-state index in [0.717, 1.165) is 65.2 Å². The number of carbonyl (C=O) groups excluding carboxylic acids is 1. The summed E-state index contributed by atoms with van der Waals surface area (Å²) in [4.78, 5) is 22.3. The lowest BCUT2D eigenvalue weighted by molar-refractivity contribution is 0.100. The van der Waals surface area contributed by atoms with E-state index in [0.29, 0.717) is 18.2 Å². The Morgan fingerprint density at radius 2 is 2.18 bits per heavy atom. The third kappa shape index (κ3) is 2.75. The number of amides is 1. The molecular formula is C21H23N5O2. The van der Waals surface area contributed by atoms with Gasteiger partial charge in [0.25, 0.3) is 5.91 Å². The summed E-state index contributed by atoms with van der Waals surface area (Å²) in [5, 5.41) is 4.30. The van der Waals surface area contributed by atoms with E-state index in [2.05, 4.69) is 39.4 Å². The molecule has 144 valence electrons. The number of carbonyl (C=O) groups is 1. The summed E-state index contributed by atoms with van der Waals surface area (Å²) < 4.78 is 5.57. The number of aromatic amines is 1. The van der Waals surface area contributed by atoms with Crippen molar-refractivity contribution in [3.05, 3.63) is 47.3 Å². The molecule has 1 fully saturated rings. The molecule has 2 aliphatic rings. The quantitative estimate of drug-likeness (QED) is 0.644. The molecule has 1 aromatic carbocycles. The van der Waals surface area contributed by atoms with Crippen LogP contribution in [0.5, 0.6) is 0 Å². The van der Waals surface area contributed by atoms with Crippen molar-refractivity contribution < 1.29 is 9.53 Å². The van der Waals surface area contributed by atoms with Gasteiger partial charge in [0, 0.05) is 60.8 Å². The minimum Gasteiger partial charge on any atom is -0.376 e. The second-order valence-corrected chi connectivity index (χ2v) is 7.52. The van der Waals surface area contributed by atoms with E-state index in [9.17, 15) is 4.79 Å². The molecule has 0 saturated carbocycles. The normalized spacial score (nSPS) is 16.6. The number of pyridine rings is 1. The zero-order valence-corrected chi connectivity index (χ0v) is 15.8. The van der Waals surface area contributed by atoms with Crippen LogP contribution in [0.1, 0.15) is 21.6 Å². The van der Waals surface area contributed by atoms with Crippen molar-refractivity contribution in [2.24, 2.45) is 5.73 Å². The van der Waals surface area contributed by atoms with E-state index in [1.54, 1.807) is 0 Å². The van der Waals surface area contributed by atoms with Crippen molar-refractivity contribution in [1.29, 1.82) is 0 Å². The van der Waals surface area contributed by atoms with Crippen LogP contribution in [-0.2, 0) is 17.8 Å². The van der Waals surface area contributed by atoms with Gasteiger partial charge in [0.05, 0.1) is 30.3 Å². The van der Waals surface area contributed by atoms with Crippen LogP contribution in [0.15, 0.2) is 30.5 Å². The van der Waals surface area contributed by atoms with Crippen LogP contribution in [0, 0.1) is 0 Å². The summed E-state index contributed by atoms with van der Waals surface area (Å²) in [5.74, 6) is -0.435. The number of H-pyrrole nitrogens is 1. The molecule has 0 bridgehead atoms. The van der Waals surface area contributed by atoms with Crippen LogP contribution in [0.25, 0.3) is 22.2 Å². The lowest BCUT2D eigenvalue weighted by atomic mass is 10.0. The van der Waals surface area contributed by atoms with Crippen molar-refractivity contribution >= 4 is 22.5 Å². The monoisotopic (exact) mass is 377 g/mol. The van der Waals surface area contributed by atoms with Crippen molar-refractivity contribution in [1.82, 2.24) is 15.3 Å². The van der Waals surface area contributed by atoms with Crippen molar-refractivity contribution in [3.8, 4) is 11.3 Å². The number of primary amides is 1. The van der Waals surface area contributed by atoms with E-state index in [4.69, 9.17) is 10.5 Å². The Balaban J connectivity index is 1.64. The minimum absolute atomic E-state index is 0.435. The van der Waals surface area contributed by atoms with Gasteiger partial charge in [-0.05, 0) is 29.8 Å². The SMILES string of the molecule is CN(c1ccc(C(N)=O)c2[nH]c(-c3cnc4c(c3)COCC4)cc12)C1CNC1. The van der Waals surface area contributed by atoms with Gasteiger partial charge in [0.2, 0.25) is 0 Å². The number of hydrogen-bond acceptors (Lipinski definition) is 5. The number of fused-ring (bicyclic) bond motifs is 2. The fourth-order valence-corrected chi connectivity index (χ4v) is 4.00. The van der Waals surface area contributed by atoms with Crippen LogP contribution in [0.3, 0.4) is 0 Å². The van der Waals surface area contributed by atoms with E-state index in [-0.39, 0.29) is 0 Å². The number of nitrogens with two attached hydrogens (primary N) is 1. The number of ether oxygens (including phenoxy) is 1. The summed E-state index contributed by atoms with van der Waals surface area (Å²) in [5.41, 5.74) is 12.1. The molecule has 7 heteroatoms. The topological polar surface area (TPSA) is 96.3 Å². The Kier molecular flexibility index (Phi) is 4.07. The minimum atomic E-state index is -0.435. The standard InChI is InChI=1S/C21H23N5O2/c1-26(14-9-23-10-14)19-3-2-15(21(22)27)20-16(19)7-18(25-20)12-6-13-11-28-5-4-17(13)24-8-12/h2-3,6-8,14,23,25H,4-5,9-11H2,1H3,(H2,22,27). The highest BCUT2D eigenvalue weighted by Gasteiger charge is 2.25. The van der Waals surface area contributed by atoms with Crippen molar-refractivity contribution in [2.75, 3.05) is 31.6 Å². The predicted molar refractivity (Wildman–Crippen MR) is 108 cm³/mol. The molecule has 4 N–H and O–H groups in total. The Morgan fingerprint density at radius 3 is 2.93 bits per heavy atom. The number of hydrogen-bond donors (Lipinski definition) is 3. The third-order valence-electron chi connectivity index (χ3n) is 5.84. The van der Waals surface area contributed by atoms with Gasteiger partial charge in [-0.25, -0.2) is 0 Å². The van der Waals surface area contributed by atoms with Gasteiger partial charge >= 0.3 is 0 Å². The first kappa shape index (κ1) is 17.2. The summed E-state index contributed by atoms with van der Waals surface area (Å²) in [6, 6.07) is 8.45. The van der Waals surface area contributed by atoms with Crippen molar-refractivity contribution in [3.63, 3.8) is 0 Å². The molecule has 28 heavy (non-hydrogen) atoms. The molecule has 4 heterocycles. The molecule has 5 rings (SSSR count). The fraction of sp³-hybridized carbons (Fsp3) is 0.333. The first-order valence-electron chi connectivity index (χ1n) is 9.57. The highest BCUT2D eigenvalue weighted by atomic mass is 16.5. The van der Waals surface area contributed by atoms with Gasteiger partial charge in [0.1, 0.15) is 0 Å². The second-order valence-electron chi connectivity index (χ2n) is 7.52. The van der Waals surface area contributed by atoms with E-state index in [1.807, 2.05) is 18.3 Å². The predicted octanol–water partition coefficient (Wildman–Crippen LogP) is 1.81. The van der Waals surface area contributed by atoms with Crippen LogP contribution in [0.4, 0.5) is 5.69 Å². The van der Waals surface area contributed by atoms with Gasteiger partial charge < -0.3 is 25.7 Å². The second kappa shape index (κ2) is 6.61. The smallest absolute Gasteiger partial charge is 0.250 e. The number of nitrogens with one attached hydrogen (secondary N) is 2. The molecule has 0 spiro atoms. The Bertz CT molecular complexity index is 1070. The Morgan fingerprint density at radius 1 is 1.32 bits per heavy atom. The molecule has 1 amide bonds. The molecule has 2 aliphatic heterocycles. The third-order valence-corrected chi connectivity index (χ3v) is 5.84. The number of benzene rings is 1. The van der Waals surface area contributed by atoms with Crippen molar-refractivity contribution in [2.45, 2.75) is 19.1 Å². The van der Waals surface area contributed by atoms with Gasteiger partial charge in [0.15, 0.2) is 0 Å². The average molecular weight is 377 g/mol. The van der Waals surface area contributed by atoms with Crippen LogP contribution in [-0.4, -0.2) is 48.7 Å². The highest BCUT2D eigenvalue weighted by molar-refractivity contribution is 6.09. The molecule has 0 radical (unpaired) electrons. The molecule has 0 aliphatic carbocycles. The molecule has 7 nitrogen and oxygen atoms in total. The maximum atomic E-state index is 12.0. The first-order chi connectivity index (χ1) is 13.6. The first-order valence-corrected chi connectivity index (χ1v) is 9.57. The lowest BCUT2D eigenvalue weighted by Crippen LogP contribution is -2.56. The van der Waals surface area contributed by atoms with Gasteiger partial charge in [-0.1, -0.05) is 0 Å².